The molecule has 6 aromatic carbocycles. The van der Waals surface area contributed by atoms with Crippen molar-refractivity contribution in [3.05, 3.63) is 201 Å². The van der Waals surface area contributed by atoms with Gasteiger partial charge in [-0.25, -0.2) is 9.80 Å². The maximum atomic E-state index is 14.2. The van der Waals surface area contributed by atoms with Crippen molar-refractivity contribution in [2.24, 2.45) is 23.7 Å². The average molecular weight is 715 g/mol. The lowest BCUT2D eigenvalue weighted by Crippen LogP contribution is -2.41. The Morgan fingerprint density at radius 3 is 0.745 bits per heavy atom. The third-order valence-corrected chi connectivity index (χ3v) is 13.7. The van der Waals surface area contributed by atoms with Gasteiger partial charge in [0.2, 0.25) is 23.6 Å². The van der Waals surface area contributed by atoms with E-state index >= 15 is 0 Å². The lowest BCUT2D eigenvalue weighted by molar-refractivity contribution is -0.124. The highest BCUT2D eigenvalue weighted by Gasteiger charge is 2.63. The molecule has 14 rings (SSSR count). The molecule has 0 radical (unpaired) electrons. The summed E-state index contributed by atoms with van der Waals surface area (Å²) in [6.45, 7) is 0. The van der Waals surface area contributed by atoms with Crippen LogP contribution < -0.4 is 9.80 Å². The Hall–Kier alpha value is -6.40. The van der Waals surface area contributed by atoms with Crippen LogP contribution in [0.4, 0.5) is 11.4 Å². The van der Waals surface area contributed by atoms with Crippen molar-refractivity contribution in [2.45, 2.75) is 30.1 Å². The zero-order chi connectivity index (χ0) is 36.7. The second-order valence-corrected chi connectivity index (χ2v) is 16.1. The molecule has 0 saturated carbocycles. The average Bonchev–Trinajstić information content (AvgIpc) is 3.66. The predicted molar refractivity (Wildman–Crippen MR) is 208 cm³/mol. The van der Waals surface area contributed by atoms with E-state index in [1.807, 2.05) is 97.1 Å². The van der Waals surface area contributed by atoms with Gasteiger partial charge in [-0.2, -0.15) is 0 Å². The van der Waals surface area contributed by atoms with E-state index in [0.29, 0.717) is 17.8 Å². The predicted octanol–water partition coefficient (Wildman–Crippen LogP) is 8.07. The molecular formula is C49H34N2O4. The summed E-state index contributed by atoms with van der Waals surface area (Å²) >= 11 is 0. The highest BCUT2D eigenvalue weighted by Crippen LogP contribution is 2.63. The Bertz CT molecular complexity index is 2270. The van der Waals surface area contributed by atoms with Gasteiger partial charge < -0.3 is 0 Å². The Labute approximate surface area is 318 Å². The van der Waals surface area contributed by atoms with Crippen LogP contribution in [0.15, 0.2) is 146 Å². The second-order valence-electron chi connectivity index (χ2n) is 16.1. The summed E-state index contributed by atoms with van der Waals surface area (Å²) in [5.41, 5.74) is 12.6. The zero-order valence-corrected chi connectivity index (χ0v) is 29.7. The van der Waals surface area contributed by atoms with Gasteiger partial charge in [-0.05, 0) is 86.3 Å². The van der Waals surface area contributed by atoms with Crippen molar-refractivity contribution in [2.75, 3.05) is 9.80 Å². The minimum atomic E-state index is -0.417. The van der Waals surface area contributed by atoms with Gasteiger partial charge in [0.05, 0.1) is 35.0 Å². The number of amides is 4. The molecule has 4 unspecified atom stereocenters. The largest absolute Gasteiger partial charge is 0.274 e. The van der Waals surface area contributed by atoms with Gasteiger partial charge in [0.15, 0.2) is 0 Å². The number of hydrogen-bond acceptors (Lipinski definition) is 4. The Kier molecular flexibility index (Phi) is 6.24. The lowest BCUT2D eigenvalue weighted by Gasteiger charge is -2.45. The molecule has 0 spiro atoms. The summed E-state index contributed by atoms with van der Waals surface area (Å²) in [7, 11) is 0. The van der Waals surface area contributed by atoms with Crippen LogP contribution in [0, 0.1) is 23.7 Å². The highest BCUT2D eigenvalue weighted by molar-refractivity contribution is 6.24. The topological polar surface area (TPSA) is 74.8 Å². The molecule has 55 heavy (non-hydrogen) atoms. The monoisotopic (exact) mass is 714 g/mol. The minimum absolute atomic E-state index is 0.121. The molecule has 6 nitrogen and oxygen atoms in total. The van der Waals surface area contributed by atoms with Crippen molar-refractivity contribution in [3.63, 3.8) is 0 Å². The van der Waals surface area contributed by atoms with Crippen molar-refractivity contribution >= 4 is 35.0 Å². The fraction of sp³-hybridized carbons (Fsp3) is 0.184. The summed E-state index contributed by atoms with van der Waals surface area (Å²) in [5.74, 6) is -2.69. The van der Waals surface area contributed by atoms with E-state index in [9.17, 15) is 19.2 Å². The van der Waals surface area contributed by atoms with E-state index in [1.165, 1.54) is 9.80 Å². The molecule has 2 aliphatic heterocycles. The quantitative estimate of drug-likeness (QED) is 0.173. The summed E-state index contributed by atoms with van der Waals surface area (Å²) in [6.07, 6.45) is 0.615. The molecule has 8 aliphatic rings. The first-order valence-corrected chi connectivity index (χ1v) is 19.3. The second kappa shape index (κ2) is 11.1. The van der Waals surface area contributed by atoms with E-state index in [1.54, 1.807) is 0 Å². The van der Waals surface area contributed by atoms with E-state index in [-0.39, 0.29) is 47.3 Å². The van der Waals surface area contributed by atoms with Gasteiger partial charge in [-0.3, -0.25) is 19.2 Å². The highest BCUT2D eigenvalue weighted by atomic mass is 16.2. The Morgan fingerprint density at radius 2 is 0.527 bits per heavy atom. The third kappa shape index (κ3) is 3.98. The number of benzene rings is 6. The standard InChI is InChI=1S/C49H34N2O4/c52-46-42-38-30-9-1-2-10-31(30)39(33-12-4-3-11-32(33)38)43(42)47(53)50(46)28-21-17-26(18-22-28)25-27-19-23-29(24-20-27)51-48(54)44-40-34-13-5-6-14-35(34)41(45(44)49(51)55)37-16-8-7-15-36(37)40/h1-24,38-45H,25H2. The van der Waals surface area contributed by atoms with Gasteiger partial charge >= 0.3 is 0 Å². The van der Waals surface area contributed by atoms with Gasteiger partial charge in [0.25, 0.3) is 0 Å². The maximum Gasteiger partial charge on any atom is 0.238 e. The third-order valence-electron chi connectivity index (χ3n) is 13.7. The first-order chi connectivity index (χ1) is 27.0. The molecule has 4 bridgehead atoms. The first kappa shape index (κ1) is 31.0. The Morgan fingerprint density at radius 1 is 0.309 bits per heavy atom. The molecular weight excluding hydrogens is 681 g/mol. The molecule has 0 aromatic heterocycles. The van der Waals surface area contributed by atoms with Crippen LogP contribution in [-0.2, 0) is 25.6 Å². The number of carbonyl (C=O) groups excluding carboxylic acids is 4. The fourth-order valence-electron chi connectivity index (χ4n) is 11.6. The summed E-state index contributed by atoms with van der Waals surface area (Å²) < 4.78 is 0. The first-order valence-electron chi connectivity index (χ1n) is 19.3. The van der Waals surface area contributed by atoms with Crippen molar-refractivity contribution in [1.29, 1.82) is 0 Å². The van der Waals surface area contributed by atoms with Crippen LogP contribution >= 0.6 is 0 Å². The molecule has 6 aromatic rings. The molecule has 6 aliphatic carbocycles. The molecule has 6 heteroatoms. The van der Waals surface area contributed by atoms with Gasteiger partial charge in [0.1, 0.15) is 0 Å². The molecule has 0 N–H and O–H groups in total. The molecule has 2 heterocycles. The number of anilines is 2. The normalized spacial score (nSPS) is 27.4. The summed E-state index contributed by atoms with van der Waals surface area (Å²) in [6, 6.07) is 48.6. The summed E-state index contributed by atoms with van der Waals surface area (Å²) in [5, 5.41) is 0. The number of nitrogens with zero attached hydrogens (tertiary/aromatic N) is 2. The number of rotatable bonds is 4. The van der Waals surface area contributed by atoms with Gasteiger partial charge in [0, 0.05) is 23.7 Å². The van der Waals surface area contributed by atoms with Gasteiger partial charge in [-0.15, -0.1) is 0 Å². The van der Waals surface area contributed by atoms with Crippen LogP contribution in [-0.4, -0.2) is 23.6 Å². The Balaban J connectivity index is 0.795. The van der Waals surface area contributed by atoms with Crippen LogP contribution in [0.1, 0.15) is 79.3 Å². The van der Waals surface area contributed by atoms with Crippen LogP contribution in [0.2, 0.25) is 0 Å². The van der Waals surface area contributed by atoms with Crippen LogP contribution in [0.25, 0.3) is 0 Å². The van der Waals surface area contributed by atoms with Crippen molar-refractivity contribution in [3.8, 4) is 0 Å². The number of imide groups is 2. The zero-order valence-electron chi connectivity index (χ0n) is 29.7. The molecule has 2 saturated heterocycles. The maximum absolute atomic E-state index is 14.2. The van der Waals surface area contributed by atoms with Gasteiger partial charge in [-0.1, -0.05) is 121 Å². The van der Waals surface area contributed by atoms with Crippen molar-refractivity contribution < 1.29 is 19.2 Å². The minimum Gasteiger partial charge on any atom is -0.274 e. The van der Waals surface area contributed by atoms with E-state index in [2.05, 4.69) is 48.5 Å². The summed E-state index contributed by atoms with van der Waals surface area (Å²) in [4.78, 5) is 59.7. The SMILES string of the molecule is O=C1C2C3c4ccccc4C(c4ccccc43)C2C(=O)N1c1ccc(Cc2ccc(N3C(=O)C4C5c6ccccc6C(c6ccccc65)C4C3=O)cc2)cc1. The van der Waals surface area contributed by atoms with Crippen molar-refractivity contribution in [1.82, 2.24) is 0 Å². The number of carbonyl (C=O) groups is 4. The molecule has 2 fully saturated rings. The lowest BCUT2D eigenvalue weighted by atomic mass is 9.55. The smallest absolute Gasteiger partial charge is 0.238 e. The fourth-order valence-corrected chi connectivity index (χ4v) is 11.6. The number of hydrogen-bond donors (Lipinski definition) is 0. The van der Waals surface area contributed by atoms with E-state index < -0.39 is 23.7 Å². The van der Waals surface area contributed by atoms with Crippen LogP contribution in [0.3, 0.4) is 0 Å². The van der Waals surface area contributed by atoms with E-state index in [4.69, 9.17) is 0 Å². The van der Waals surface area contributed by atoms with E-state index in [0.717, 1.165) is 55.6 Å². The molecule has 4 atom stereocenters. The molecule has 264 valence electrons. The molecule has 4 amide bonds. The van der Waals surface area contributed by atoms with Crippen LogP contribution in [0.5, 0.6) is 0 Å².